The van der Waals surface area contributed by atoms with E-state index in [1.807, 2.05) is 59.3 Å². The van der Waals surface area contributed by atoms with E-state index in [1.54, 1.807) is 31.4 Å². The highest BCUT2D eigenvalue weighted by Gasteiger charge is 2.15. The van der Waals surface area contributed by atoms with E-state index < -0.39 is 0 Å². The lowest BCUT2D eigenvalue weighted by Gasteiger charge is -2.08. The summed E-state index contributed by atoms with van der Waals surface area (Å²) in [5, 5.41) is 1.99. The molecule has 0 saturated carbocycles. The molecule has 4 aromatic rings. The van der Waals surface area contributed by atoms with Crippen LogP contribution in [0.1, 0.15) is 10.4 Å². The molecule has 1 heterocycles. The van der Waals surface area contributed by atoms with Crippen LogP contribution in [0, 0.1) is 0 Å². The van der Waals surface area contributed by atoms with Gasteiger partial charge in [-0.2, -0.15) is 0 Å². The molecular formula is C24H18Cl2N2O2S. The van der Waals surface area contributed by atoms with Crippen LogP contribution in [0.25, 0.3) is 16.9 Å². The monoisotopic (exact) mass is 468 g/mol. The number of rotatable bonds is 7. The molecule has 0 radical (unpaired) electrons. The number of nitrogens with zero attached hydrogens (tertiary/aromatic N) is 2. The summed E-state index contributed by atoms with van der Waals surface area (Å²) in [6, 6.07) is 22.1. The number of methoxy groups -OCH3 is 1. The van der Waals surface area contributed by atoms with Crippen molar-refractivity contribution in [3.05, 3.63) is 94.6 Å². The zero-order chi connectivity index (χ0) is 21.8. The van der Waals surface area contributed by atoms with Gasteiger partial charge in [-0.05, 0) is 60.7 Å². The Kier molecular flexibility index (Phi) is 6.66. The first-order valence-corrected chi connectivity index (χ1v) is 11.2. The number of thioether (sulfide) groups is 1. The number of carbonyl (C=O) groups is 1. The van der Waals surface area contributed by atoms with Crippen LogP contribution in [-0.4, -0.2) is 28.2 Å². The van der Waals surface area contributed by atoms with Gasteiger partial charge < -0.3 is 4.74 Å². The predicted molar refractivity (Wildman–Crippen MR) is 127 cm³/mol. The maximum absolute atomic E-state index is 12.6. The van der Waals surface area contributed by atoms with Gasteiger partial charge in [0.1, 0.15) is 5.75 Å². The fraction of sp³-hybridized carbons (Fsp3) is 0.0833. The standard InChI is InChI=1S/C24H18Cl2N2O2S/c1-30-21-12-10-20(11-13-21)28-14-22(16-2-6-18(25)7-3-16)27-24(28)31-15-23(29)17-4-8-19(26)9-5-17/h2-14H,15H2,1H3. The molecule has 0 saturated heterocycles. The molecule has 0 atom stereocenters. The third kappa shape index (κ3) is 5.13. The lowest BCUT2D eigenvalue weighted by molar-refractivity contribution is 0.102. The molecule has 3 aromatic carbocycles. The summed E-state index contributed by atoms with van der Waals surface area (Å²) in [7, 11) is 1.63. The zero-order valence-electron chi connectivity index (χ0n) is 16.6. The molecule has 31 heavy (non-hydrogen) atoms. The first-order valence-electron chi connectivity index (χ1n) is 9.45. The number of Topliss-reactive ketones (excluding diaryl/α,β-unsaturated/α-hetero) is 1. The van der Waals surface area contributed by atoms with Gasteiger partial charge in [0.2, 0.25) is 0 Å². The molecule has 0 aliphatic rings. The highest BCUT2D eigenvalue weighted by Crippen LogP contribution is 2.29. The number of imidazole rings is 1. The predicted octanol–water partition coefficient (Wildman–Crippen LogP) is 6.83. The summed E-state index contributed by atoms with van der Waals surface area (Å²) in [6.45, 7) is 0. The SMILES string of the molecule is COc1ccc(-n2cc(-c3ccc(Cl)cc3)nc2SCC(=O)c2ccc(Cl)cc2)cc1. The Balaban J connectivity index is 1.64. The van der Waals surface area contributed by atoms with Gasteiger partial charge >= 0.3 is 0 Å². The minimum absolute atomic E-state index is 0.0130. The Bertz CT molecular complexity index is 1190. The fourth-order valence-corrected chi connectivity index (χ4v) is 4.14. The van der Waals surface area contributed by atoms with Crippen molar-refractivity contribution in [3.8, 4) is 22.7 Å². The smallest absolute Gasteiger partial charge is 0.173 e. The highest BCUT2D eigenvalue weighted by atomic mass is 35.5. The number of benzene rings is 3. The molecule has 4 nitrogen and oxygen atoms in total. The molecule has 0 fully saturated rings. The number of ketones is 1. The van der Waals surface area contributed by atoms with Crippen LogP contribution in [0.4, 0.5) is 0 Å². The lowest BCUT2D eigenvalue weighted by atomic mass is 10.1. The third-order valence-corrected chi connectivity index (χ3v) is 6.12. The second kappa shape index (κ2) is 9.60. The number of aromatic nitrogens is 2. The van der Waals surface area contributed by atoms with Gasteiger partial charge in [0.15, 0.2) is 10.9 Å². The van der Waals surface area contributed by atoms with Gasteiger partial charge in [0, 0.05) is 33.1 Å². The summed E-state index contributed by atoms with van der Waals surface area (Å²) in [5.74, 6) is 1.04. The number of carbonyl (C=O) groups excluding carboxylic acids is 1. The quantitative estimate of drug-likeness (QED) is 0.220. The highest BCUT2D eigenvalue weighted by molar-refractivity contribution is 7.99. The zero-order valence-corrected chi connectivity index (χ0v) is 18.9. The summed E-state index contributed by atoms with van der Waals surface area (Å²) >= 11 is 13.3. The molecule has 7 heteroatoms. The van der Waals surface area contributed by atoms with E-state index in [0.717, 1.165) is 27.9 Å². The van der Waals surface area contributed by atoms with Crippen molar-refractivity contribution < 1.29 is 9.53 Å². The fourth-order valence-electron chi connectivity index (χ4n) is 3.00. The van der Waals surface area contributed by atoms with E-state index >= 15 is 0 Å². The van der Waals surface area contributed by atoms with Crippen molar-refractivity contribution in [1.29, 1.82) is 0 Å². The Morgan fingerprint density at radius 3 is 2.16 bits per heavy atom. The van der Waals surface area contributed by atoms with Crippen LogP contribution in [0.15, 0.2) is 84.1 Å². The molecule has 156 valence electrons. The van der Waals surface area contributed by atoms with Gasteiger partial charge in [0.05, 0.1) is 18.6 Å². The van der Waals surface area contributed by atoms with Gasteiger partial charge in [-0.25, -0.2) is 4.98 Å². The number of ether oxygens (including phenoxy) is 1. The van der Waals surface area contributed by atoms with Gasteiger partial charge in [-0.15, -0.1) is 0 Å². The molecule has 0 N–H and O–H groups in total. The summed E-state index contributed by atoms with van der Waals surface area (Å²) < 4.78 is 7.24. The minimum Gasteiger partial charge on any atom is -0.497 e. The third-order valence-electron chi connectivity index (χ3n) is 4.66. The van der Waals surface area contributed by atoms with Crippen LogP contribution in [0.5, 0.6) is 5.75 Å². The van der Waals surface area contributed by atoms with E-state index in [9.17, 15) is 4.79 Å². The largest absolute Gasteiger partial charge is 0.497 e. The number of halogens is 2. The van der Waals surface area contributed by atoms with Crippen molar-refractivity contribution in [1.82, 2.24) is 9.55 Å². The van der Waals surface area contributed by atoms with Crippen molar-refractivity contribution in [2.45, 2.75) is 5.16 Å². The van der Waals surface area contributed by atoms with E-state index in [4.69, 9.17) is 32.9 Å². The Hall–Kier alpha value is -2.73. The van der Waals surface area contributed by atoms with E-state index in [2.05, 4.69) is 0 Å². The normalized spacial score (nSPS) is 10.8. The molecule has 0 aliphatic carbocycles. The van der Waals surface area contributed by atoms with Gasteiger partial charge in [-0.1, -0.05) is 47.1 Å². The maximum Gasteiger partial charge on any atom is 0.173 e. The van der Waals surface area contributed by atoms with Crippen molar-refractivity contribution in [3.63, 3.8) is 0 Å². The number of hydrogen-bond donors (Lipinski definition) is 0. The second-order valence-electron chi connectivity index (χ2n) is 6.70. The Morgan fingerprint density at radius 1 is 0.935 bits per heavy atom. The molecule has 0 bridgehead atoms. The maximum atomic E-state index is 12.6. The Morgan fingerprint density at radius 2 is 1.55 bits per heavy atom. The van der Waals surface area contributed by atoms with Crippen LogP contribution < -0.4 is 4.74 Å². The van der Waals surface area contributed by atoms with E-state index in [-0.39, 0.29) is 11.5 Å². The first kappa shape index (κ1) is 21.5. The van der Waals surface area contributed by atoms with E-state index in [0.29, 0.717) is 15.6 Å². The molecular weight excluding hydrogens is 451 g/mol. The van der Waals surface area contributed by atoms with Crippen LogP contribution in [0.2, 0.25) is 10.0 Å². The number of hydrogen-bond acceptors (Lipinski definition) is 4. The van der Waals surface area contributed by atoms with Crippen LogP contribution >= 0.6 is 35.0 Å². The molecule has 1 aromatic heterocycles. The second-order valence-corrected chi connectivity index (χ2v) is 8.52. The molecule has 0 aliphatic heterocycles. The lowest BCUT2D eigenvalue weighted by Crippen LogP contribution is -2.04. The molecule has 0 spiro atoms. The topological polar surface area (TPSA) is 44.1 Å². The van der Waals surface area contributed by atoms with Crippen molar-refractivity contribution >= 4 is 40.7 Å². The average Bonchev–Trinajstić information content (AvgIpc) is 3.22. The average molecular weight is 469 g/mol. The van der Waals surface area contributed by atoms with Gasteiger partial charge in [0.25, 0.3) is 0 Å². The summed E-state index contributed by atoms with van der Waals surface area (Å²) in [4.78, 5) is 17.4. The molecule has 4 rings (SSSR count). The summed E-state index contributed by atoms with van der Waals surface area (Å²) in [6.07, 6.45) is 1.96. The molecule has 0 amide bonds. The molecule has 0 unspecified atom stereocenters. The minimum atomic E-state index is 0.0130. The Labute approximate surface area is 194 Å². The van der Waals surface area contributed by atoms with E-state index in [1.165, 1.54) is 11.8 Å². The summed E-state index contributed by atoms with van der Waals surface area (Å²) in [5.41, 5.74) is 3.30. The van der Waals surface area contributed by atoms with Crippen LogP contribution in [-0.2, 0) is 0 Å². The van der Waals surface area contributed by atoms with Crippen molar-refractivity contribution in [2.24, 2.45) is 0 Å². The van der Waals surface area contributed by atoms with Crippen LogP contribution in [0.3, 0.4) is 0 Å². The van der Waals surface area contributed by atoms with Crippen molar-refractivity contribution in [2.75, 3.05) is 12.9 Å². The van der Waals surface area contributed by atoms with Gasteiger partial charge in [-0.3, -0.25) is 9.36 Å². The first-order chi connectivity index (χ1) is 15.0.